The van der Waals surface area contributed by atoms with E-state index in [0.29, 0.717) is 19.4 Å². The molecule has 3 aromatic rings. The van der Waals surface area contributed by atoms with Gasteiger partial charge in [-0.1, -0.05) is 48.5 Å². The van der Waals surface area contributed by atoms with Gasteiger partial charge in [0, 0.05) is 37.9 Å². The number of amides is 1. The first kappa shape index (κ1) is 20.5. The average Bonchev–Trinajstić information content (AvgIpc) is 3.39. The zero-order chi connectivity index (χ0) is 22.6. The number of rotatable bonds is 3. The summed E-state index contributed by atoms with van der Waals surface area (Å²) < 4.78 is 7.87. The molecular formula is C27H29N3O3. The number of hydrogen-bond donors (Lipinski definition) is 1. The molecule has 6 heteroatoms. The minimum atomic E-state index is -0.957. The second-order valence-electron chi connectivity index (χ2n) is 9.78. The molecule has 2 fully saturated rings. The Balaban J connectivity index is 1.21. The van der Waals surface area contributed by atoms with Crippen LogP contribution in [0.3, 0.4) is 0 Å². The van der Waals surface area contributed by atoms with Crippen molar-refractivity contribution in [2.45, 2.75) is 55.7 Å². The van der Waals surface area contributed by atoms with E-state index in [-0.39, 0.29) is 24.1 Å². The molecule has 2 unspecified atom stereocenters. The molecule has 2 bridgehead atoms. The standard InChI is InChI=1S/C27H29N3O3/c1-29-17-28-15-25(29)27(32)13-18-7-6-8-19(14-27)30(18)26(31)33-16-24-22-11-4-2-9-20(22)21-10-3-5-12-23(21)24/h2-5,9-12,15,17-19,24,32H,6-8,13-14,16H2,1H3. The second-order valence-corrected chi connectivity index (χ2v) is 9.78. The maximum Gasteiger partial charge on any atom is 0.410 e. The molecule has 2 atom stereocenters. The van der Waals surface area contributed by atoms with Gasteiger partial charge in [-0.15, -0.1) is 0 Å². The van der Waals surface area contributed by atoms with E-state index in [1.165, 1.54) is 22.3 Å². The Morgan fingerprint density at radius 2 is 1.67 bits per heavy atom. The van der Waals surface area contributed by atoms with Crippen molar-refractivity contribution in [1.82, 2.24) is 14.5 Å². The van der Waals surface area contributed by atoms with Crippen molar-refractivity contribution < 1.29 is 14.6 Å². The normalized spacial score (nSPS) is 26.1. The van der Waals surface area contributed by atoms with Crippen LogP contribution in [0.2, 0.25) is 0 Å². The highest BCUT2D eigenvalue weighted by Crippen LogP contribution is 2.46. The Kier molecular flexibility index (Phi) is 4.80. The van der Waals surface area contributed by atoms with Crippen LogP contribution in [-0.4, -0.2) is 44.3 Å². The molecule has 1 amide bonds. The van der Waals surface area contributed by atoms with E-state index in [1.807, 2.05) is 28.6 Å². The van der Waals surface area contributed by atoms with Gasteiger partial charge < -0.3 is 19.3 Å². The van der Waals surface area contributed by atoms with Gasteiger partial charge in [0.15, 0.2) is 0 Å². The molecule has 2 aromatic carbocycles. The quantitative estimate of drug-likeness (QED) is 0.644. The van der Waals surface area contributed by atoms with Gasteiger partial charge in [0.1, 0.15) is 12.2 Å². The molecule has 6 nitrogen and oxygen atoms in total. The fourth-order valence-corrected chi connectivity index (χ4v) is 6.41. The smallest absolute Gasteiger partial charge is 0.410 e. The molecule has 33 heavy (non-hydrogen) atoms. The van der Waals surface area contributed by atoms with E-state index < -0.39 is 5.60 Å². The van der Waals surface area contributed by atoms with Crippen LogP contribution < -0.4 is 0 Å². The lowest BCUT2D eigenvalue weighted by Crippen LogP contribution is -2.59. The van der Waals surface area contributed by atoms with Crippen LogP contribution in [0.15, 0.2) is 61.1 Å². The molecule has 1 aromatic heterocycles. The van der Waals surface area contributed by atoms with E-state index in [0.717, 1.165) is 25.0 Å². The SMILES string of the molecule is Cn1cncc1C1(O)CC2CCCC(C1)N2C(=O)OCC1c2ccccc2-c2ccccc21. The Hall–Kier alpha value is -3.12. The second kappa shape index (κ2) is 7.73. The van der Waals surface area contributed by atoms with Crippen LogP contribution in [0.5, 0.6) is 0 Å². The number of benzene rings is 2. The molecule has 1 N–H and O–H groups in total. The molecular weight excluding hydrogens is 414 g/mol. The number of fused-ring (bicyclic) bond motifs is 5. The predicted octanol–water partition coefficient (Wildman–Crippen LogP) is 4.57. The van der Waals surface area contributed by atoms with Crippen molar-refractivity contribution in [3.05, 3.63) is 77.9 Å². The molecule has 3 heterocycles. The summed E-state index contributed by atoms with van der Waals surface area (Å²) in [6.07, 6.45) is 7.12. The number of nitrogens with zero attached hydrogens (tertiary/aromatic N) is 3. The molecule has 0 saturated carbocycles. The molecule has 1 aliphatic carbocycles. The van der Waals surface area contributed by atoms with Gasteiger partial charge in [0.2, 0.25) is 0 Å². The van der Waals surface area contributed by atoms with Crippen molar-refractivity contribution in [1.29, 1.82) is 0 Å². The van der Waals surface area contributed by atoms with Gasteiger partial charge in [0.05, 0.1) is 18.2 Å². The first-order chi connectivity index (χ1) is 16.0. The largest absolute Gasteiger partial charge is 0.448 e. The number of piperidine rings is 2. The maximum atomic E-state index is 13.4. The van der Waals surface area contributed by atoms with Gasteiger partial charge in [-0.3, -0.25) is 0 Å². The average molecular weight is 444 g/mol. The van der Waals surface area contributed by atoms with Gasteiger partial charge in [0.25, 0.3) is 0 Å². The van der Waals surface area contributed by atoms with E-state index in [4.69, 9.17) is 4.74 Å². The zero-order valence-corrected chi connectivity index (χ0v) is 18.9. The molecule has 6 rings (SSSR count). The number of aliphatic hydroxyl groups is 1. The lowest BCUT2D eigenvalue weighted by molar-refractivity contribution is -0.0925. The lowest BCUT2D eigenvalue weighted by atomic mass is 9.74. The van der Waals surface area contributed by atoms with Crippen molar-refractivity contribution in [3.63, 3.8) is 0 Å². The monoisotopic (exact) mass is 443 g/mol. The first-order valence-corrected chi connectivity index (χ1v) is 11.9. The summed E-state index contributed by atoms with van der Waals surface area (Å²) in [6, 6.07) is 16.7. The summed E-state index contributed by atoms with van der Waals surface area (Å²) in [4.78, 5) is 19.5. The summed E-state index contributed by atoms with van der Waals surface area (Å²) in [5, 5.41) is 11.5. The van der Waals surface area contributed by atoms with Gasteiger partial charge in [-0.05, 0) is 41.5 Å². The van der Waals surface area contributed by atoms with Crippen LogP contribution in [0.25, 0.3) is 11.1 Å². The minimum absolute atomic E-state index is 0.0203. The molecule has 2 aliphatic heterocycles. The number of hydrogen-bond acceptors (Lipinski definition) is 4. The maximum absolute atomic E-state index is 13.4. The van der Waals surface area contributed by atoms with Crippen LogP contribution in [0, 0.1) is 0 Å². The van der Waals surface area contributed by atoms with Crippen molar-refractivity contribution >= 4 is 6.09 Å². The Morgan fingerprint density at radius 3 is 2.24 bits per heavy atom. The number of imidazole rings is 1. The van der Waals surface area contributed by atoms with E-state index >= 15 is 0 Å². The topological polar surface area (TPSA) is 67.6 Å². The molecule has 170 valence electrons. The van der Waals surface area contributed by atoms with E-state index in [9.17, 15) is 9.90 Å². The Labute approximate surface area is 193 Å². The third kappa shape index (κ3) is 3.27. The summed E-state index contributed by atoms with van der Waals surface area (Å²) in [5.74, 6) is 0.0531. The first-order valence-electron chi connectivity index (χ1n) is 11.9. The predicted molar refractivity (Wildman–Crippen MR) is 125 cm³/mol. The molecule has 0 spiro atoms. The van der Waals surface area contributed by atoms with E-state index in [1.54, 1.807) is 12.5 Å². The third-order valence-corrected chi connectivity index (χ3v) is 7.85. The highest BCUT2D eigenvalue weighted by atomic mass is 16.6. The molecule has 2 saturated heterocycles. The van der Waals surface area contributed by atoms with Crippen LogP contribution in [0.1, 0.15) is 54.8 Å². The Morgan fingerprint density at radius 1 is 1.06 bits per heavy atom. The summed E-state index contributed by atoms with van der Waals surface area (Å²) in [6.45, 7) is 0.328. The van der Waals surface area contributed by atoms with Gasteiger partial charge >= 0.3 is 6.09 Å². The van der Waals surface area contributed by atoms with Gasteiger partial charge in [-0.25, -0.2) is 9.78 Å². The molecule has 0 radical (unpaired) electrons. The summed E-state index contributed by atoms with van der Waals surface area (Å²) >= 11 is 0. The highest BCUT2D eigenvalue weighted by molar-refractivity contribution is 5.79. The molecule has 3 aliphatic rings. The van der Waals surface area contributed by atoms with Crippen LogP contribution >= 0.6 is 0 Å². The Bertz CT molecular complexity index is 1140. The summed E-state index contributed by atoms with van der Waals surface area (Å²) in [5.41, 5.74) is 4.76. The zero-order valence-electron chi connectivity index (χ0n) is 18.9. The van der Waals surface area contributed by atoms with Crippen LogP contribution in [0.4, 0.5) is 4.79 Å². The van der Waals surface area contributed by atoms with Crippen LogP contribution in [-0.2, 0) is 17.4 Å². The number of aromatic nitrogens is 2. The summed E-state index contributed by atoms with van der Waals surface area (Å²) in [7, 11) is 1.91. The van der Waals surface area contributed by atoms with Crippen molar-refractivity contribution in [3.8, 4) is 11.1 Å². The highest BCUT2D eigenvalue weighted by Gasteiger charge is 2.49. The lowest BCUT2D eigenvalue weighted by Gasteiger charge is -2.51. The number of aryl methyl sites for hydroxylation is 1. The van der Waals surface area contributed by atoms with Gasteiger partial charge in [-0.2, -0.15) is 0 Å². The number of ether oxygens (including phenoxy) is 1. The fraction of sp³-hybridized carbons (Fsp3) is 0.407. The van der Waals surface area contributed by atoms with Crippen molar-refractivity contribution in [2.75, 3.05) is 6.61 Å². The van der Waals surface area contributed by atoms with Crippen molar-refractivity contribution in [2.24, 2.45) is 7.05 Å². The fourth-order valence-electron chi connectivity index (χ4n) is 6.41. The minimum Gasteiger partial charge on any atom is -0.448 e. The number of carbonyl (C=O) groups is 1. The number of carbonyl (C=O) groups excluding carboxylic acids is 1. The third-order valence-electron chi connectivity index (χ3n) is 7.85. The van der Waals surface area contributed by atoms with E-state index in [2.05, 4.69) is 41.4 Å².